The van der Waals surface area contributed by atoms with Gasteiger partial charge in [0.25, 0.3) is 0 Å². The molecule has 1 aliphatic heterocycles. The van der Waals surface area contributed by atoms with Gasteiger partial charge in [-0.15, -0.1) is 0 Å². The number of Topliss-reactive ketones (excluding diaryl/α,β-unsaturated/α-hetero) is 1. The Morgan fingerprint density at radius 1 is 1.04 bits per heavy atom. The van der Waals surface area contributed by atoms with Crippen molar-refractivity contribution in [3.63, 3.8) is 0 Å². The highest BCUT2D eigenvalue weighted by molar-refractivity contribution is 6.05. The van der Waals surface area contributed by atoms with Gasteiger partial charge in [-0.25, -0.2) is 0 Å². The first-order valence-electron chi connectivity index (χ1n) is 9.93. The van der Waals surface area contributed by atoms with Crippen molar-refractivity contribution in [1.82, 2.24) is 0 Å². The van der Waals surface area contributed by atoms with Crippen LogP contribution < -0.4 is 0 Å². The standard InChI is InChI=1S/C18H24O4.2C2H6/c1-4-13(5-2)16(12-19)17(20)14-6-8-15(9-7-14)18(3)21-10-11-22-18;2*1-2/h6-9,12-13,16H,4-5,10-11H2,1-3H3;2*1-2H3. The summed E-state index contributed by atoms with van der Waals surface area (Å²) >= 11 is 0. The van der Waals surface area contributed by atoms with Gasteiger partial charge in [-0.1, -0.05) is 78.6 Å². The number of ketones is 1. The van der Waals surface area contributed by atoms with Gasteiger partial charge in [0.15, 0.2) is 11.6 Å². The van der Waals surface area contributed by atoms with Crippen molar-refractivity contribution >= 4 is 12.1 Å². The predicted molar refractivity (Wildman–Crippen MR) is 106 cm³/mol. The SMILES string of the molecule is CC.CC.CCC(CC)C(C=O)C(=O)c1ccc(C2(C)OCCO2)cc1. The molecule has 4 nitrogen and oxygen atoms in total. The number of carbonyl (C=O) groups is 2. The molecule has 0 bridgehead atoms. The molecule has 1 fully saturated rings. The number of carbonyl (C=O) groups excluding carboxylic acids is 2. The fourth-order valence-corrected chi connectivity index (χ4v) is 2.99. The molecule has 1 atom stereocenters. The van der Waals surface area contributed by atoms with Crippen LogP contribution in [0.15, 0.2) is 24.3 Å². The molecule has 2 rings (SSSR count). The minimum Gasteiger partial charge on any atom is -0.344 e. The lowest BCUT2D eigenvalue weighted by molar-refractivity contribution is -0.149. The summed E-state index contributed by atoms with van der Waals surface area (Å²) in [6.07, 6.45) is 2.44. The normalized spacial score (nSPS) is 16.0. The highest BCUT2D eigenvalue weighted by Gasteiger charge is 2.33. The van der Waals surface area contributed by atoms with Crippen LogP contribution in [0.3, 0.4) is 0 Å². The van der Waals surface area contributed by atoms with E-state index in [4.69, 9.17) is 9.47 Å². The Hall–Kier alpha value is -1.52. The first kappa shape index (κ1) is 24.5. The molecule has 0 saturated carbocycles. The highest BCUT2D eigenvalue weighted by atomic mass is 16.7. The van der Waals surface area contributed by atoms with Crippen molar-refractivity contribution in [2.75, 3.05) is 13.2 Å². The maximum Gasteiger partial charge on any atom is 0.192 e. The van der Waals surface area contributed by atoms with Gasteiger partial charge in [0.1, 0.15) is 6.29 Å². The molecule has 148 valence electrons. The number of hydrogen-bond donors (Lipinski definition) is 0. The molecule has 0 aromatic heterocycles. The Kier molecular flexibility index (Phi) is 12.0. The van der Waals surface area contributed by atoms with E-state index in [1.165, 1.54) is 0 Å². The number of hydrogen-bond acceptors (Lipinski definition) is 4. The van der Waals surface area contributed by atoms with E-state index >= 15 is 0 Å². The highest BCUT2D eigenvalue weighted by Crippen LogP contribution is 2.31. The first-order valence-corrected chi connectivity index (χ1v) is 9.93. The Morgan fingerprint density at radius 2 is 1.50 bits per heavy atom. The maximum absolute atomic E-state index is 12.6. The summed E-state index contributed by atoms with van der Waals surface area (Å²) in [5.41, 5.74) is 1.45. The van der Waals surface area contributed by atoms with Gasteiger partial charge >= 0.3 is 0 Å². The van der Waals surface area contributed by atoms with E-state index in [2.05, 4.69) is 0 Å². The Labute approximate surface area is 159 Å². The maximum atomic E-state index is 12.6. The Balaban J connectivity index is 0.00000146. The molecule has 1 heterocycles. The third-order valence-electron chi connectivity index (χ3n) is 4.54. The minimum absolute atomic E-state index is 0.101. The van der Waals surface area contributed by atoms with E-state index in [1.807, 2.05) is 60.6 Å². The lowest BCUT2D eigenvalue weighted by Crippen LogP contribution is -2.25. The monoisotopic (exact) mass is 364 g/mol. The summed E-state index contributed by atoms with van der Waals surface area (Å²) in [6, 6.07) is 7.19. The predicted octanol–water partition coefficient (Wildman–Crippen LogP) is 5.39. The van der Waals surface area contributed by atoms with E-state index in [0.717, 1.165) is 24.7 Å². The van der Waals surface area contributed by atoms with E-state index in [0.29, 0.717) is 18.8 Å². The van der Waals surface area contributed by atoms with Crippen molar-refractivity contribution in [2.45, 2.75) is 67.1 Å². The molecule has 1 unspecified atom stereocenters. The summed E-state index contributed by atoms with van der Waals surface area (Å²) in [6.45, 7) is 15.0. The largest absolute Gasteiger partial charge is 0.344 e. The minimum atomic E-state index is -0.735. The van der Waals surface area contributed by atoms with Gasteiger partial charge in [0, 0.05) is 11.1 Å². The van der Waals surface area contributed by atoms with Crippen LogP contribution in [-0.2, 0) is 20.1 Å². The van der Waals surface area contributed by atoms with Crippen LogP contribution in [0, 0.1) is 11.8 Å². The first-order chi connectivity index (χ1) is 12.6. The van der Waals surface area contributed by atoms with Crippen LogP contribution in [0.4, 0.5) is 0 Å². The molecule has 0 spiro atoms. The van der Waals surface area contributed by atoms with Gasteiger partial charge < -0.3 is 14.3 Å². The van der Waals surface area contributed by atoms with Crippen LogP contribution in [0.1, 0.15) is 77.2 Å². The van der Waals surface area contributed by atoms with Gasteiger partial charge in [0.05, 0.1) is 19.1 Å². The van der Waals surface area contributed by atoms with Gasteiger partial charge in [0.2, 0.25) is 0 Å². The second-order valence-corrected chi connectivity index (χ2v) is 5.82. The molecular formula is C22H36O4. The third-order valence-corrected chi connectivity index (χ3v) is 4.54. The van der Waals surface area contributed by atoms with Crippen molar-refractivity contribution in [2.24, 2.45) is 11.8 Å². The number of ether oxygens (including phenoxy) is 2. The molecule has 1 aliphatic rings. The molecule has 0 amide bonds. The van der Waals surface area contributed by atoms with E-state index in [9.17, 15) is 9.59 Å². The van der Waals surface area contributed by atoms with Gasteiger partial charge in [-0.05, 0) is 12.8 Å². The molecule has 4 heteroatoms. The fraction of sp³-hybridized carbons (Fsp3) is 0.636. The second kappa shape index (κ2) is 12.8. The summed E-state index contributed by atoms with van der Waals surface area (Å²) in [4.78, 5) is 23.9. The fourth-order valence-electron chi connectivity index (χ4n) is 2.99. The summed E-state index contributed by atoms with van der Waals surface area (Å²) < 4.78 is 11.2. The number of rotatable bonds is 7. The van der Waals surface area contributed by atoms with Crippen LogP contribution in [-0.4, -0.2) is 25.3 Å². The molecule has 1 saturated heterocycles. The average molecular weight is 365 g/mol. The van der Waals surface area contributed by atoms with Gasteiger partial charge in [-0.2, -0.15) is 0 Å². The smallest absolute Gasteiger partial charge is 0.192 e. The zero-order valence-corrected chi connectivity index (χ0v) is 17.5. The van der Waals surface area contributed by atoms with Crippen molar-refractivity contribution < 1.29 is 19.1 Å². The zero-order chi connectivity index (χ0) is 20.2. The molecule has 26 heavy (non-hydrogen) atoms. The molecule has 0 radical (unpaired) electrons. The molecule has 0 N–H and O–H groups in total. The van der Waals surface area contributed by atoms with E-state index < -0.39 is 11.7 Å². The average Bonchev–Trinajstić information content (AvgIpc) is 3.16. The van der Waals surface area contributed by atoms with E-state index in [1.54, 1.807) is 12.1 Å². The summed E-state index contributed by atoms with van der Waals surface area (Å²) in [5.74, 6) is -1.30. The molecule has 0 aliphatic carbocycles. The summed E-state index contributed by atoms with van der Waals surface area (Å²) in [5, 5.41) is 0. The topological polar surface area (TPSA) is 52.6 Å². The number of aldehydes is 1. The molecule has 1 aromatic carbocycles. The Bertz CT molecular complexity index is 511. The molecular weight excluding hydrogens is 328 g/mol. The van der Waals surface area contributed by atoms with Crippen molar-refractivity contribution in [3.8, 4) is 0 Å². The van der Waals surface area contributed by atoms with Crippen LogP contribution in [0.2, 0.25) is 0 Å². The molecule has 1 aromatic rings. The lowest BCUT2D eigenvalue weighted by Gasteiger charge is -2.23. The van der Waals surface area contributed by atoms with Crippen LogP contribution in [0.5, 0.6) is 0 Å². The zero-order valence-electron chi connectivity index (χ0n) is 17.5. The second-order valence-electron chi connectivity index (χ2n) is 5.82. The number of benzene rings is 1. The van der Waals surface area contributed by atoms with Crippen LogP contribution >= 0.6 is 0 Å². The third kappa shape index (κ3) is 6.03. The van der Waals surface area contributed by atoms with E-state index in [-0.39, 0.29) is 11.7 Å². The van der Waals surface area contributed by atoms with Crippen molar-refractivity contribution in [3.05, 3.63) is 35.4 Å². The van der Waals surface area contributed by atoms with Gasteiger partial charge in [-0.3, -0.25) is 4.79 Å². The quantitative estimate of drug-likeness (QED) is 0.370. The Morgan fingerprint density at radius 3 is 1.88 bits per heavy atom. The van der Waals surface area contributed by atoms with Crippen LogP contribution in [0.25, 0.3) is 0 Å². The summed E-state index contributed by atoms with van der Waals surface area (Å²) in [7, 11) is 0. The van der Waals surface area contributed by atoms with Crippen molar-refractivity contribution in [1.29, 1.82) is 0 Å². The lowest BCUT2D eigenvalue weighted by atomic mass is 9.83.